The number of pyridine rings is 1. The molecule has 38 heavy (non-hydrogen) atoms. The smallest absolute Gasteiger partial charge is 0.272 e. The maximum absolute atomic E-state index is 13.5. The molecule has 4 rings (SSSR count). The predicted octanol–water partition coefficient (Wildman–Crippen LogP) is 7.04. The van der Waals surface area contributed by atoms with Gasteiger partial charge in [-0.2, -0.15) is 0 Å². The quantitative estimate of drug-likeness (QED) is 0.262. The molecule has 1 aliphatic rings. The van der Waals surface area contributed by atoms with E-state index in [0.717, 1.165) is 81.1 Å². The lowest BCUT2D eigenvalue weighted by molar-refractivity contribution is 0.0745. The molecule has 3 heterocycles. The van der Waals surface area contributed by atoms with Crippen molar-refractivity contribution in [2.75, 3.05) is 38.0 Å². The minimum absolute atomic E-state index is 0. The van der Waals surface area contributed by atoms with Gasteiger partial charge < -0.3 is 15.1 Å². The first-order valence-corrected chi connectivity index (χ1v) is 14.3. The molecule has 7 nitrogen and oxygen atoms in total. The van der Waals surface area contributed by atoms with Crippen LogP contribution in [0.3, 0.4) is 0 Å². The zero-order chi connectivity index (χ0) is 26.0. The fraction of sp³-hybridized carbons (Fsp3) is 0.581. The molecule has 0 radical (unpaired) electrons. The number of anilines is 2. The molecule has 1 fully saturated rings. The van der Waals surface area contributed by atoms with Crippen LogP contribution in [0, 0.1) is 6.92 Å². The number of hydrogen-bond donors (Lipinski definition) is 1. The number of piperidine rings is 1. The third-order valence-electron chi connectivity index (χ3n) is 7.27. The second-order valence-electron chi connectivity index (χ2n) is 10.4. The number of benzene rings is 1. The van der Waals surface area contributed by atoms with Crippen LogP contribution < -0.4 is 5.32 Å². The average molecular weight is 521 g/mol. The molecule has 3 aromatic rings. The molecule has 208 valence electrons. The number of amides is 1. The molecule has 1 aliphatic heterocycles. The van der Waals surface area contributed by atoms with E-state index in [2.05, 4.69) is 59.8 Å². The molecular weight excluding hydrogens is 472 g/mol. The summed E-state index contributed by atoms with van der Waals surface area (Å²) in [6.45, 7) is 12.3. The largest absolute Gasteiger partial charge is 0.337 e. The maximum Gasteiger partial charge on any atom is 0.272 e. The highest BCUT2D eigenvalue weighted by atomic mass is 16.2. The number of hydrogen-bond acceptors (Lipinski definition) is 5. The molecule has 0 spiro atoms. The van der Waals surface area contributed by atoms with Crippen molar-refractivity contribution in [3.8, 4) is 0 Å². The number of fused-ring (bicyclic) bond motifs is 1. The van der Waals surface area contributed by atoms with Crippen molar-refractivity contribution in [1.82, 2.24) is 24.3 Å². The van der Waals surface area contributed by atoms with Gasteiger partial charge in [-0.1, -0.05) is 58.2 Å². The number of imidazole rings is 1. The lowest BCUT2D eigenvalue weighted by Gasteiger charge is -2.26. The SMILES string of the molecule is C.CCCCN(CCCC)C(=O)c1ccc2nc(Nc3ccc(C)cc3)n(CCCN3CCCCC3)c2n1. The molecule has 7 heteroatoms. The van der Waals surface area contributed by atoms with Gasteiger partial charge >= 0.3 is 0 Å². The van der Waals surface area contributed by atoms with E-state index in [-0.39, 0.29) is 13.3 Å². The minimum atomic E-state index is 0. The molecule has 1 saturated heterocycles. The number of nitrogens with one attached hydrogen (secondary N) is 1. The van der Waals surface area contributed by atoms with Crippen LogP contribution in [0.25, 0.3) is 11.2 Å². The van der Waals surface area contributed by atoms with Crippen LogP contribution in [0.4, 0.5) is 11.6 Å². The van der Waals surface area contributed by atoms with Gasteiger partial charge in [0, 0.05) is 25.3 Å². The van der Waals surface area contributed by atoms with E-state index in [9.17, 15) is 4.79 Å². The fourth-order valence-corrected chi connectivity index (χ4v) is 5.00. The van der Waals surface area contributed by atoms with Crippen LogP contribution in [0.2, 0.25) is 0 Å². The van der Waals surface area contributed by atoms with Gasteiger partial charge in [0.05, 0.1) is 0 Å². The highest BCUT2D eigenvalue weighted by Crippen LogP contribution is 2.24. The van der Waals surface area contributed by atoms with Crippen LogP contribution in [-0.4, -0.2) is 63.0 Å². The van der Waals surface area contributed by atoms with Crippen molar-refractivity contribution >= 4 is 28.7 Å². The van der Waals surface area contributed by atoms with Gasteiger partial charge in [0.2, 0.25) is 5.95 Å². The highest BCUT2D eigenvalue weighted by molar-refractivity contribution is 5.94. The fourth-order valence-electron chi connectivity index (χ4n) is 5.00. The molecule has 1 amide bonds. The Labute approximate surface area is 229 Å². The topological polar surface area (TPSA) is 66.3 Å². The molecule has 1 N–H and O–H groups in total. The monoisotopic (exact) mass is 520 g/mol. The second-order valence-corrected chi connectivity index (χ2v) is 10.4. The average Bonchev–Trinajstić information content (AvgIpc) is 3.26. The van der Waals surface area contributed by atoms with Gasteiger partial charge in [-0.15, -0.1) is 0 Å². The van der Waals surface area contributed by atoms with Crippen LogP contribution in [0.5, 0.6) is 0 Å². The normalized spacial score (nSPS) is 13.9. The minimum Gasteiger partial charge on any atom is -0.337 e. The number of aromatic nitrogens is 3. The first kappa shape index (κ1) is 29.6. The number of carbonyl (C=O) groups is 1. The van der Waals surface area contributed by atoms with Crippen molar-refractivity contribution in [3.63, 3.8) is 0 Å². The second kappa shape index (κ2) is 14.9. The first-order chi connectivity index (χ1) is 18.1. The van der Waals surface area contributed by atoms with E-state index >= 15 is 0 Å². The third-order valence-corrected chi connectivity index (χ3v) is 7.27. The molecular formula is C31H48N6O. The Kier molecular flexibility index (Phi) is 11.6. The molecule has 0 saturated carbocycles. The van der Waals surface area contributed by atoms with Crippen molar-refractivity contribution < 1.29 is 4.79 Å². The van der Waals surface area contributed by atoms with Crippen molar-refractivity contribution in [3.05, 3.63) is 47.7 Å². The van der Waals surface area contributed by atoms with Crippen LogP contribution >= 0.6 is 0 Å². The van der Waals surface area contributed by atoms with Gasteiger partial charge in [0.25, 0.3) is 5.91 Å². The molecule has 0 atom stereocenters. The zero-order valence-electron chi connectivity index (χ0n) is 23.0. The number of aryl methyl sites for hydroxylation is 2. The summed E-state index contributed by atoms with van der Waals surface area (Å²) in [5.74, 6) is 0.807. The van der Waals surface area contributed by atoms with Gasteiger partial charge in [-0.05, 0) is 82.9 Å². The first-order valence-electron chi connectivity index (χ1n) is 14.3. The van der Waals surface area contributed by atoms with E-state index < -0.39 is 0 Å². The molecule has 0 aliphatic carbocycles. The Morgan fingerprint density at radius 2 is 1.58 bits per heavy atom. The number of rotatable bonds is 13. The highest BCUT2D eigenvalue weighted by Gasteiger charge is 2.20. The van der Waals surface area contributed by atoms with Crippen molar-refractivity contribution in [1.29, 1.82) is 0 Å². The Morgan fingerprint density at radius 3 is 2.24 bits per heavy atom. The van der Waals surface area contributed by atoms with E-state index in [1.54, 1.807) is 0 Å². The lowest BCUT2D eigenvalue weighted by atomic mass is 10.1. The standard InChI is InChI=1S/C30H44N6O.CH4/c1-4-6-21-35(22-7-5-2)29(37)27-17-16-26-28(32-27)36(23-11-20-34-18-9-8-10-19-34)30(33-26)31-25-14-12-24(3)13-15-25;/h12-17H,4-11,18-23H2,1-3H3,(H,31,33);1H4. The van der Waals surface area contributed by atoms with E-state index in [1.165, 1.54) is 37.9 Å². The maximum atomic E-state index is 13.5. The van der Waals surface area contributed by atoms with E-state index in [1.807, 2.05) is 17.0 Å². The van der Waals surface area contributed by atoms with Gasteiger partial charge in [-0.3, -0.25) is 9.36 Å². The van der Waals surface area contributed by atoms with Crippen molar-refractivity contribution in [2.24, 2.45) is 0 Å². The zero-order valence-corrected chi connectivity index (χ0v) is 23.0. The summed E-state index contributed by atoms with van der Waals surface area (Å²) in [5, 5.41) is 3.51. The van der Waals surface area contributed by atoms with Crippen molar-refractivity contribution in [2.45, 2.75) is 86.1 Å². The summed E-state index contributed by atoms with van der Waals surface area (Å²) >= 11 is 0. The van der Waals surface area contributed by atoms with Crippen LogP contribution in [0.1, 0.15) is 88.7 Å². The summed E-state index contributed by atoms with van der Waals surface area (Å²) in [6.07, 6.45) is 9.13. The summed E-state index contributed by atoms with van der Waals surface area (Å²) in [5.41, 5.74) is 4.34. The predicted molar refractivity (Wildman–Crippen MR) is 159 cm³/mol. The van der Waals surface area contributed by atoms with E-state index in [0.29, 0.717) is 5.69 Å². The Morgan fingerprint density at radius 1 is 0.895 bits per heavy atom. The molecule has 0 unspecified atom stereocenters. The molecule has 2 aromatic heterocycles. The lowest BCUT2D eigenvalue weighted by Crippen LogP contribution is -2.33. The summed E-state index contributed by atoms with van der Waals surface area (Å²) in [7, 11) is 0. The van der Waals surface area contributed by atoms with Gasteiger partial charge in [0.1, 0.15) is 11.2 Å². The third kappa shape index (κ3) is 7.79. The number of unbranched alkanes of at least 4 members (excludes halogenated alkanes) is 2. The number of carbonyl (C=O) groups excluding carboxylic acids is 1. The Hall–Kier alpha value is -2.93. The summed E-state index contributed by atoms with van der Waals surface area (Å²) < 4.78 is 2.17. The molecule has 0 bridgehead atoms. The summed E-state index contributed by atoms with van der Waals surface area (Å²) in [6, 6.07) is 12.2. The van der Waals surface area contributed by atoms with E-state index in [4.69, 9.17) is 9.97 Å². The van der Waals surface area contributed by atoms with Crippen LogP contribution in [0.15, 0.2) is 36.4 Å². The Bertz CT molecular complexity index is 1130. The van der Waals surface area contributed by atoms with Crippen LogP contribution in [-0.2, 0) is 6.54 Å². The Balaban J connectivity index is 0.00000400. The number of nitrogens with zero attached hydrogens (tertiary/aromatic N) is 5. The molecule has 1 aromatic carbocycles. The summed E-state index contributed by atoms with van der Waals surface area (Å²) in [4.78, 5) is 27.8. The van der Waals surface area contributed by atoms with Gasteiger partial charge in [-0.25, -0.2) is 9.97 Å². The van der Waals surface area contributed by atoms with Gasteiger partial charge in [0.15, 0.2) is 5.65 Å². The number of likely N-dealkylation sites (tertiary alicyclic amines) is 1.